The third kappa shape index (κ3) is 4.30. The predicted octanol–water partition coefficient (Wildman–Crippen LogP) is 4.62. The van der Waals surface area contributed by atoms with Crippen molar-refractivity contribution in [3.05, 3.63) is 69.2 Å². The summed E-state index contributed by atoms with van der Waals surface area (Å²) in [4.78, 5) is 2.26. The van der Waals surface area contributed by atoms with E-state index in [1.807, 2.05) is 37.3 Å². The van der Waals surface area contributed by atoms with Crippen LogP contribution in [0.1, 0.15) is 24.1 Å². The van der Waals surface area contributed by atoms with E-state index < -0.39 is 0 Å². The van der Waals surface area contributed by atoms with Gasteiger partial charge in [0.15, 0.2) is 0 Å². The van der Waals surface area contributed by atoms with Crippen LogP contribution in [0.15, 0.2) is 53.0 Å². The molecule has 21 heavy (non-hydrogen) atoms. The van der Waals surface area contributed by atoms with Crippen LogP contribution in [-0.2, 0) is 6.54 Å². The zero-order valence-electron chi connectivity index (χ0n) is 12.3. The molecule has 0 heterocycles. The monoisotopic (exact) mass is 366 g/mol. The topological polar surface area (TPSA) is 29.3 Å². The van der Waals surface area contributed by atoms with Crippen molar-refractivity contribution in [1.82, 2.24) is 4.90 Å². The Labute approximate surface area is 140 Å². The van der Waals surface area contributed by atoms with Crippen molar-refractivity contribution in [2.24, 2.45) is 5.73 Å². The number of benzene rings is 2. The van der Waals surface area contributed by atoms with Gasteiger partial charge in [0.05, 0.1) is 0 Å². The van der Waals surface area contributed by atoms with E-state index in [0.29, 0.717) is 0 Å². The van der Waals surface area contributed by atoms with Crippen LogP contribution >= 0.6 is 27.5 Å². The van der Waals surface area contributed by atoms with Gasteiger partial charge in [-0.3, -0.25) is 4.90 Å². The lowest BCUT2D eigenvalue weighted by Crippen LogP contribution is -2.37. The minimum Gasteiger partial charge on any atom is -0.326 e. The summed E-state index contributed by atoms with van der Waals surface area (Å²) in [5.41, 5.74) is 8.60. The average molecular weight is 368 g/mol. The van der Waals surface area contributed by atoms with E-state index in [0.717, 1.165) is 21.6 Å². The molecule has 0 saturated carbocycles. The number of nitrogens with zero attached hydrogens (tertiary/aromatic N) is 1. The molecule has 2 aromatic rings. The van der Waals surface area contributed by atoms with Crippen LogP contribution in [0, 0.1) is 0 Å². The van der Waals surface area contributed by atoms with Crippen molar-refractivity contribution < 1.29 is 0 Å². The first-order valence-electron chi connectivity index (χ1n) is 6.93. The van der Waals surface area contributed by atoms with Crippen LogP contribution in [0.25, 0.3) is 0 Å². The number of nitrogens with two attached hydrogens (primary N) is 1. The molecule has 0 saturated heterocycles. The molecule has 0 radical (unpaired) electrons. The van der Waals surface area contributed by atoms with Crippen LogP contribution in [0.2, 0.25) is 5.02 Å². The summed E-state index contributed by atoms with van der Waals surface area (Å²) in [5.74, 6) is 0. The maximum Gasteiger partial charge on any atom is 0.0497 e. The highest BCUT2D eigenvalue weighted by molar-refractivity contribution is 9.10. The summed E-state index contributed by atoms with van der Waals surface area (Å²) in [7, 11) is 2.09. The maximum absolute atomic E-state index is 6.21. The Bertz CT molecular complexity index is 601. The standard InChI is InChI=1S/C17H20BrClN2/c1-12(20)17(13-7-5-8-15(19)10-13)21(2)11-14-6-3-4-9-16(14)18/h3-10,12,17H,11,20H2,1-2H3. The van der Waals surface area contributed by atoms with E-state index in [9.17, 15) is 0 Å². The smallest absolute Gasteiger partial charge is 0.0497 e. The zero-order valence-corrected chi connectivity index (χ0v) is 14.6. The van der Waals surface area contributed by atoms with Gasteiger partial charge in [-0.05, 0) is 43.3 Å². The molecule has 2 aromatic carbocycles. The number of hydrogen-bond acceptors (Lipinski definition) is 2. The molecule has 2 atom stereocenters. The molecule has 0 fully saturated rings. The second-order valence-corrected chi connectivity index (χ2v) is 6.66. The first-order valence-corrected chi connectivity index (χ1v) is 8.11. The fourth-order valence-corrected chi connectivity index (χ4v) is 3.25. The van der Waals surface area contributed by atoms with Crippen LogP contribution in [0.4, 0.5) is 0 Å². The van der Waals surface area contributed by atoms with Gasteiger partial charge < -0.3 is 5.73 Å². The van der Waals surface area contributed by atoms with Gasteiger partial charge in [-0.2, -0.15) is 0 Å². The summed E-state index contributed by atoms with van der Waals surface area (Å²) in [6.45, 7) is 2.85. The van der Waals surface area contributed by atoms with Crippen molar-refractivity contribution in [1.29, 1.82) is 0 Å². The first-order chi connectivity index (χ1) is 9.99. The summed E-state index contributed by atoms with van der Waals surface area (Å²) in [6, 6.07) is 16.3. The highest BCUT2D eigenvalue weighted by atomic mass is 79.9. The number of rotatable bonds is 5. The lowest BCUT2D eigenvalue weighted by Gasteiger charge is -2.32. The van der Waals surface area contributed by atoms with Crippen LogP contribution in [0.3, 0.4) is 0 Å². The third-order valence-electron chi connectivity index (χ3n) is 3.54. The zero-order chi connectivity index (χ0) is 15.4. The highest BCUT2D eigenvalue weighted by Gasteiger charge is 2.22. The quantitative estimate of drug-likeness (QED) is 0.835. The maximum atomic E-state index is 6.21. The van der Waals surface area contributed by atoms with Crippen molar-refractivity contribution in [3.8, 4) is 0 Å². The SMILES string of the molecule is CC(N)C(c1cccc(Cl)c1)N(C)Cc1ccccc1Br. The molecule has 0 aliphatic heterocycles. The largest absolute Gasteiger partial charge is 0.326 e. The molecule has 0 aliphatic rings. The normalized spacial score (nSPS) is 14.2. The number of likely N-dealkylation sites (N-methyl/N-ethyl adjacent to an activating group) is 1. The van der Waals surface area contributed by atoms with E-state index in [-0.39, 0.29) is 12.1 Å². The van der Waals surface area contributed by atoms with Crippen LogP contribution in [0.5, 0.6) is 0 Å². The summed E-state index contributed by atoms with van der Waals surface area (Å²) in [5, 5.41) is 0.743. The minimum atomic E-state index is 0.0101. The Kier molecular flexibility index (Phi) is 5.82. The summed E-state index contributed by atoms with van der Waals surface area (Å²) < 4.78 is 1.12. The molecular formula is C17H20BrClN2. The molecule has 2 unspecified atom stereocenters. The molecule has 4 heteroatoms. The van der Waals surface area contributed by atoms with Gasteiger partial charge in [-0.25, -0.2) is 0 Å². The second kappa shape index (κ2) is 7.41. The molecule has 2 rings (SSSR count). The molecule has 0 aromatic heterocycles. The molecule has 2 nitrogen and oxygen atoms in total. The Morgan fingerprint density at radius 1 is 1.19 bits per heavy atom. The molecule has 0 aliphatic carbocycles. The number of hydrogen-bond donors (Lipinski definition) is 1. The molecule has 0 spiro atoms. The average Bonchev–Trinajstić information content (AvgIpc) is 2.41. The lowest BCUT2D eigenvalue weighted by molar-refractivity contribution is 0.210. The molecule has 2 N–H and O–H groups in total. The van der Waals surface area contributed by atoms with Gasteiger partial charge >= 0.3 is 0 Å². The van der Waals surface area contributed by atoms with Crippen molar-refractivity contribution >= 4 is 27.5 Å². The predicted molar refractivity (Wildman–Crippen MR) is 93.5 cm³/mol. The second-order valence-electron chi connectivity index (χ2n) is 5.37. The van der Waals surface area contributed by atoms with Crippen molar-refractivity contribution in [2.75, 3.05) is 7.05 Å². The molecule has 0 amide bonds. The van der Waals surface area contributed by atoms with E-state index in [2.05, 4.69) is 46.1 Å². The van der Waals surface area contributed by atoms with Crippen molar-refractivity contribution in [2.45, 2.75) is 25.6 Å². The third-order valence-corrected chi connectivity index (χ3v) is 4.55. The Morgan fingerprint density at radius 3 is 2.52 bits per heavy atom. The molecular weight excluding hydrogens is 348 g/mol. The Hall–Kier alpha value is -0.870. The van der Waals surface area contributed by atoms with Gasteiger partial charge in [0.25, 0.3) is 0 Å². The van der Waals surface area contributed by atoms with Gasteiger partial charge in [-0.15, -0.1) is 0 Å². The minimum absolute atomic E-state index is 0.0101. The van der Waals surface area contributed by atoms with E-state index >= 15 is 0 Å². The highest BCUT2D eigenvalue weighted by Crippen LogP contribution is 2.27. The van der Waals surface area contributed by atoms with Gasteiger partial charge in [0.2, 0.25) is 0 Å². The van der Waals surface area contributed by atoms with Gasteiger partial charge in [0, 0.05) is 28.1 Å². The fraction of sp³-hybridized carbons (Fsp3) is 0.294. The van der Waals surface area contributed by atoms with E-state index in [1.54, 1.807) is 0 Å². The Balaban J connectivity index is 2.24. The number of halogens is 2. The van der Waals surface area contributed by atoms with Crippen LogP contribution < -0.4 is 5.73 Å². The Morgan fingerprint density at radius 2 is 1.90 bits per heavy atom. The first kappa shape index (κ1) is 16.5. The fourth-order valence-electron chi connectivity index (χ4n) is 2.64. The molecule has 0 bridgehead atoms. The van der Waals surface area contributed by atoms with E-state index in [4.69, 9.17) is 17.3 Å². The van der Waals surface area contributed by atoms with E-state index in [1.165, 1.54) is 5.56 Å². The van der Waals surface area contributed by atoms with Gasteiger partial charge in [0.1, 0.15) is 0 Å². The molecule has 112 valence electrons. The summed E-state index contributed by atoms with van der Waals surface area (Å²) >= 11 is 9.72. The van der Waals surface area contributed by atoms with Crippen LogP contribution in [-0.4, -0.2) is 18.0 Å². The van der Waals surface area contributed by atoms with Crippen molar-refractivity contribution in [3.63, 3.8) is 0 Å². The summed E-state index contributed by atoms with van der Waals surface area (Å²) in [6.07, 6.45) is 0. The lowest BCUT2D eigenvalue weighted by atomic mass is 9.99. The van der Waals surface area contributed by atoms with Gasteiger partial charge in [-0.1, -0.05) is 57.9 Å².